The minimum absolute atomic E-state index is 0.158. The standard InChI is InChI=1S/C10H13BN2O3/c1-10(13,9(14)15)5-6-2-3-7(11-16)8(12)4-6/h2-4H,5,12-13H2,1H3,(H,14,15)/t10-/m0/s1. The Hall–Kier alpha value is -1.69. The summed E-state index contributed by atoms with van der Waals surface area (Å²) in [6, 6.07) is 4.77. The molecular weight excluding hydrogens is 207 g/mol. The second-order valence-electron chi connectivity index (χ2n) is 3.98. The molecule has 5 nitrogen and oxygen atoms in total. The van der Waals surface area contributed by atoms with Crippen LogP contribution in [0.5, 0.6) is 0 Å². The molecule has 0 heterocycles. The summed E-state index contributed by atoms with van der Waals surface area (Å²) < 4.78 is 10.5. The fraction of sp³-hybridized carbons (Fsp3) is 0.300. The summed E-state index contributed by atoms with van der Waals surface area (Å²) in [5.41, 5.74) is 11.3. The van der Waals surface area contributed by atoms with Gasteiger partial charge in [0.25, 0.3) is 0 Å². The first-order valence-corrected chi connectivity index (χ1v) is 4.72. The normalized spacial score (nSPS) is 13.9. The van der Waals surface area contributed by atoms with E-state index in [1.54, 1.807) is 18.2 Å². The van der Waals surface area contributed by atoms with Gasteiger partial charge < -0.3 is 0 Å². The Morgan fingerprint density at radius 3 is 2.62 bits per heavy atom. The number of rotatable bonds is 4. The molecule has 0 aliphatic carbocycles. The van der Waals surface area contributed by atoms with Crippen molar-refractivity contribution in [2.24, 2.45) is 5.73 Å². The summed E-state index contributed by atoms with van der Waals surface area (Å²) >= 11 is 0. The van der Waals surface area contributed by atoms with Gasteiger partial charge in [0.2, 0.25) is 0 Å². The van der Waals surface area contributed by atoms with Crippen molar-refractivity contribution >= 4 is 24.3 Å². The van der Waals surface area contributed by atoms with Crippen LogP contribution >= 0.6 is 0 Å². The Labute approximate surface area is 93.7 Å². The van der Waals surface area contributed by atoms with E-state index >= 15 is 0 Å². The van der Waals surface area contributed by atoms with Crippen molar-refractivity contribution in [2.75, 3.05) is 5.73 Å². The molecule has 0 unspecified atom stereocenters. The zero-order chi connectivity index (χ0) is 12.3. The molecule has 0 aliphatic rings. The summed E-state index contributed by atoms with van der Waals surface area (Å²) in [5, 5.41) is 8.86. The van der Waals surface area contributed by atoms with Crippen molar-refractivity contribution in [1.82, 2.24) is 0 Å². The SMILES string of the molecule is C[C@](N)(Cc1ccc(B=O)c(N)c1)C(=O)O. The first kappa shape index (κ1) is 12.4. The van der Waals surface area contributed by atoms with Gasteiger partial charge in [0.05, 0.1) is 0 Å². The molecule has 5 N–H and O–H groups in total. The number of carbonyl (C=O) groups is 1. The van der Waals surface area contributed by atoms with Crippen molar-refractivity contribution in [3.63, 3.8) is 0 Å². The number of hydrogen-bond donors (Lipinski definition) is 3. The van der Waals surface area contributed by atoms with E-state index in [9.17, 15) is 9.50 Å². The van der Waals surface area contributed by atoms with Gasteiger partial charge in [-0.3, -0.25) is 0 Å². The molecule has 1 aromatic carbocycles. The van der Waals surface area contributed by atoms with Crippen molar-refractivity contribution in [3.8, 4) is 0 Å². The Kier molecular flexibility index (Phi) is 3.44. The number of nitrogens with two attached hydrogens (primary N) is 2. The Morgan fingerprint density at radius 2 is 2.19 bits per heavy atom. The minimum atomic E-state index is -1.34. The van der Waals surface area contributed by atoms with Gasteiger partial charge in [0.15, 0.2) is 0 Å². The predicted molar refractivity (Wildman–Crippen MR) is 60.9 cm³/mol. The van der Waals surface area contributed by atoms with Crippen LogP contribution in [0.2, 0.25) is 0 Å². The summed E-state index contributed by atoms with van der Waals surface area (Å²) in [6.45, 7) is 1.43. The van der Waals surface area contributed by atoms with Crippen LogP contribution in [0.3, 0.4) is 0 Å². The first-order valence-electron chi connectivity index (χ1n) is 4.72. The first-order chi connectivity index (χ1) is 7.36. The summed E-state index contributed by atoms with van der Waals surface area (Å²) in [4.78, 5) is 10.8. The third-order valence-electron chi connectivity index (χ3n) is 2.34. The monoisotopic (exact) mass is 220 g/mol. The van der Waals surface area contributed by atoms with Crippen molar-refractivity contribution in [2.45, 2.75) is 18.9 Å². The van der Waals surface area contributed by atoms with Crippen molar-refractivity contribution < 1.29 is 14.6 Å². The molecule has 0 spiro atoms. The van der Waals surface area contributed by atoms with Crippen LogP contribution < -0.4 is 16.9 Å². The zero-order valence-corrected chi connectivity index (χ0v) is 8.93. The molecule has 1 rings (SSSR count). The van der Waals surface area contributed by atoms with Crippen LogP contribution in [0.25, 0.3) is 0 Å². The van der Waals surface area contributed by atoms with Crippen molar-refractivity contribution in [3.05, 3.63) is 23.8 Å². The van der Waals surface area contributed by atoms with Gasteiger partial charge >= 0.3 is 93.0 Å². The maximum absolute atomic E-state index is 10.8. The number of nitrogen functional groups attached to an aromatic ring is 1. The van der Waals surface area contributed by atoms with E-state index in [0.29, 0.717) is 23.9 Å². The van der Waals surface area contributed by atoms with Crippen LogP contribution in [0.4, 0.5) is 5.69 Å². The van der Waals surface area contributed by atoms with E-state index in [0.717, 1.165) is 0 Å². The molecule has 0 aliphatic heterocycles. The fourth-order valence-corrected chi connectivity index (χ4v) is 1.34. The third-order valence-corrected chi connectivity index (χ3v) is 2.34. The maximum atomic E-state index is 10.8. The molecule has 0 fully saturated rings. The van der Waals surface area contributed by atoms with E-state index in [-0.39, 0.29) is 6.42 Å². The van der Waals surface area contributed by atoms with Gasteiger partial charge in [-0.25, -0.2) is 0 Å². The molecule has 1 aromatic rings. The van der Waals surface area contributed by atoms with Crippen LogP contribution in [-0.2, 0) is 15.9 Å². The molecule has 6 heteroatoms. The van der Waals surface area contributed by atoms with Gasteiger partial charge in [0.1, 0.15) is 0 Å². The average molecular weight is 220 g/mol. The molecule has 0 radical (unpaired) electrons. The van der Waals surface area contributed by atoms with Crippen LogP contribution in [0.1, 0.15) is 12.5 Å². The number of carboxylic acid groups (broad SMARTS) is 1. The number of anilines is 1. The molecule has 0 amide bonds. The van der Waals surface area contributed by atoms with Gasteiger partial charge in [-0.1, -0.05) is 0 Å². The molecule has 0 aromatic heterocycles. The number of carboxylic acids is 1. The number of benzene rings is 1. The van der Waals surface area contributed by atoms with E-state index in [2.05, 4.69) is 0 Å². The summed E-state index contributed by atoms with van der Waals surface area (Å²) in [7, 11) is 0.651. The zero-order valence-electron chi connectivity index (χ0n) is 8.93. The van der Waals surface area contributed by atoms with Crippen LogP contribution in [0.15, 0.2) is 18.2 Å². The molecule has 1 atom stereocenters. The molecule has 84 valence electrons. The quantitative estimate of drug-likeness (QED) is 0.459. The molecule has 16 heavy (non-hydrogen) atoms. The van der Waals surface area contributed by atoms with Gasteiger partial charge in [-0.2, -0.15) is 0 Å². The number of hydrogen-bond acceptors (Lipinski definition) is 4. The summed E-state index contributed by atoms with van der Waals surface area (Å²) in [5.74, 6) is -1.08. The van der Waals surface area contributed by atoms with Gasteiger partial charge in [0, 0.05) is 0 Å². The Balaban J connectivity index is 2.95. The van der Waals surface area contributed by atoms with Gasteiger partial charge in [-0.05, 0) is 0 Å². The van der Waals surface area contributed by atoms with E-state index in [4.69, 9.17) is 16.6 Å². The third kappa shape index (κ3) is 2.67. The molecular formula is C10H13BN2O3. The predicted octanol–water partition coefficient (Wildman–Crippen LogP) is -0.712. The fourth-order valence-electron chi connectivity index (χ4n) is 1.34. The van der Waals surface area contributed by atoms with Crippen molar-refractivity contribution in [1.29, 1.82) is 0 Å². The Morgan fingerprint density at radius 1 is 1.56 bits per heavy atom. The van der Waals surface area contributed by atoms with Crippen LogP contribution in [0, 0.1) is 0 Å². The topological polar surface area (TPSA) is 106 Å². The molecule has 0 saturated carbocycles. The molecule has 0 bridgehead atoms. The summed E-state index contributed by atoms with van der Waals surface area (Å²) in [6.07, 6.45) is 0.158. The van der Waals surface area contributed by atoms with Crippen LogP contribution in [-0.4, -0.2) is 23.8 Å². The second-order valence-corrected chi connectivity index (χ2v) is 3.98. The second kappa shape index (κ2) is 4.44. The average Bonchev–Trinajstić information content (AvgIpc) is 2.17. The van der Waals surface area contributed by atoms with E-state index < -0.39 is 11.5 Å². The van der Waals surface area contributed by atoms with E-state index in [1.165, 1.54) is 6.92 Å². The van der Waals surface area contributed by atoms with Gasteiger partial charge in [-0.15, -0.1) is 0 Å². The molecule has 0 saturated heterocycles. The Bertz CT molecular complexity index is 432. The van der Waals surface area contributed by atoms with E-state index in [1.807, 2.05) is 0 Å². The number of aliphatic carboxylic acids is 1.